The largest absolute Gasteiger partial charge is 0.494 e. The van der Waals surface area contributed by atoms with Gasteiger partial charge >= 0.3 is 5.97 Å². The molecular formula is C16H23ClN2O3. The lowest BCUT2D eigenvalue weighted by Crippen LogP contribution is -2.49. The predicted octanol–water partition coefficient (Wildman–Crippen LogP) is 2.25. The van der Waals surface area contributed by atoms with E-state index in [4.69, 9.17) is 16.3 Å². The van der Waals surface area contributed by atoms with E-state index in [1.807, 2.05) is 11.9 Å². The molecular weight excluding hydrogens is 304 g/mol. The van der Waals surface area contributed by atoms with E-state index in [9.17, 15) is 9.90 Å². The zero-order valence-corrected chi connectivity index (χ0v) is 13.6. The highest BCUT2D eigenvalue weighted by atomic mass is 35.5. The van der Waals surface area contributed by atoms with Gasteiger partial charge in [-0.15, -0.1) is 0 Å². The number of benzene rings is 1. The van der Waals surface area contributed by atoms with Gasteiger partial charge in [0.05, 0.1) is 6.61 Å². The predicted molar refractivity (Wildman–Crippen MR) is 86.6 cm³/mol. The summed E-state index contributed by atoms with van der Waals surface area (Å²) in [5, 5.41) is 13.4. The summed E-state index contributed by atoms with van der Waals surface area (Å²) in [5.41, 5.74) is 0. The van der Waals surface area contributed by atoms with Crippen LogP contribution in [0, 0.1) is 0 Å². The molecule has 0 bridgehead atoms. The SMILES string of the molecule is CNC1CCN(C(CCOc2ccc(Cl)cc2)C(=O)O)CC1. The molecule has 0 aliphatic carbocycles. The average molecular weight is 327 g/mol. The number of carboxylic acids is 1. The normalized spacial score (nSPS) is 18.1. The molecule has 0 aromatic heterocycles. The van der Waals surface area contributed by atoms with E-state index >= 15 is 0 Å². The van der Waals surface area contributed by atoms with Crippen LogP contribution in [0.2, 0.25) is 5.02 Å². The summed E-state index contributed by atoms with van der Waals surface area (Å²) in [6.07, 6.45) is 2.44. The van der Waals surface area contributed by atoms with Gasteiger partial charge in [0, 0.05) is 30.6 Å². The lowest BCUT2D eigenvalue weighted by atomic mass is 10.0. The Kier molecular flexibility index (Phi) is 6.49. The molecule has 1 saturated heterocycles. The molecule has 122 valence electrons. The first-order valence-corrected chi connectivity index (χ1v) is 8.00. The quantitative estimate of drug-likeness (QED) is 0.804. The Morgan fingerprint density at radius 1 is 1.41 bits per heavy atom. The molecule has 1 aromatic carbocycles. The van der Waals surface area contributed by atoms with Crippen LogP contribution in [0.5, 0.6) is 5.75 Å². The fourth-order valence-electron chi connectivity index (χ4n) is 2.78. The summed E-state index contributed by atoms with van der Waals surface area (Å²) in [5.74, 6) is -0.0648. The smallest absolute Gasteiger partial charge is 0.321 e. The number of hydrogen-bond acceptors (Lipinski definition) is 4. The topological polar surface area (TPSA) is 61.8 Å². The maximum absolute atomic E-state index is 11.5. The minimum absolute atomic E-state index is 0.380. The van der Waals surface area contributed by atoms with E-state index in [2.05, 4.69) is 5.32 Å². The van der Waals surface area contributed by atoms with Crippen molar-refractivity contribution < 1.29 is 14.6 Å². The molecule has 1 atom stereocenters. The van der Waals surface area contributed by atoms with Gasteiger partial charge in [0.15, 0.2) is 0 Å². The second-order valence-corrected chi connectivity index (χ2v) is 5.98. The number of rotatable bonds is 7. The van der Waals surface area contributed by atoms with Crippen molar-refractivity contribution in [3.8, 4) is 5.75 Å². The van der Waals surface area contributed by atoms with Crippen molar-refractivity contribution in [1.82, 2.24) is 10.2 Å². The Bertz CT molecular complexity index is 473. The third kappa shape index (κ3) is 4.87. The molecule has 1 aromatic rings. The maximum atomic E-state index is 11.5. The highest BCUT2D eigenvalue weighted by Gasteiger charge is 2.29. The van der Waals surface area contributed by atoms with Crippen LogP contribution in [0.1, 0.15) is 19.3 Å². The van der Waals surface area contributed by atoms with Crippen molar-refractivity contribution in [2.75, 3.05) is 26.7 Å². The third-order valence-corrected chi connectivity index (χ3v) is 4.39. The van der Waals surface area contributed by atoms with Gasteiger partial charge in [-0.25, -0.2) is 0 Å². The molecule has 1 unspecified atom stereocenters. The maximum Gasteiger partial charge on any atom is 0.321 e. The van der Waals surface area contributed by atoms with Gasteiger partial charge < -0.3 is 15.2 Å². The summed E-state index contributed by atoms with van der Waals surface area (Å²) in [6.45, 7) is 2.00. The molecule has 0 amide bonds. The van der Waals surface area contributed by atoms with Crippen molar-refractivity contribution in [3.63, 3.8) is 0 Å². The van der Waals surface area contributed by atoms with Crippen molar-refractivity contribution in [1.29, 1.82) is 0 Å². The van der Waals surface area contributed by atoms with Gasteiger partial charge in [0.25, 0.3) is 0 Å². The van der Waals surface area contributed by atoms with E-state index in [1.54, 1.807) is 24.3 Å². The zero-order chi connectivity index (χ0) is 15.9. The molecule has 5 nitrogen and oxygen atoms in total. The lowest BCUT2D eigenvalue weighted by Gasteiger charge is -2.35. The Balaban J connectivity index is 1.82. The molecule has 0 spiro atoms. The monoisotopic (exact) mass is 326 g/mol. The van der Waals surface area contributed by atoms with Crippen LogP contribution in [-0.2, 0) is 4.79 Å². The van der Waals surface area contributed by atoms with E-state index < -0.39 is 12.0 Å². The Morgan fingerprint density at radius 2 is 2.05 bits per heavy atom. The van der Waals surface area contributed by atoms with Crippen LogP contribution in [0.3, 0.4) is 0 Å². The number of carboxylic acid groups (broad SMARTS) is 1. The first kappa shape index (κ1) is 17.1. The van der Waals surface area contributed by atoms with Gasteiger partial charge in [-0.05, 0) is 44.2 Å². The van der Waals surface area contributed by atoms with Crippen LogP contribution >= 0.6 is 11.6 Å². The fourth-order valence-corrected chi connectivity index (χ4v) is 2.91. The molecule has 0 radical (unpaired) electrons. The zero-order valence-electron chi connectivity index (χ0n) is 12.8. The molecule has 2 rings (SSSR count). The molecule has 1 aliphatic rings. The van der Waals surface area contributed by atoms with Gasteiger partial charge in [0.1, 0.15) is 11.8 Å². The Morgan fingerprint density at radius 3 is 2.59 bits per heavy atom. The summed E-state index contributed by atoms with van der Waals surface area (Å²) in [4.78, 5) is 13.5. The lowest BCUT2D eigenvalue weighted by molar-refractivity contribution is -0.144. The van der Waals surface area contributed by atoms with Crippen LogP contribution in [0.15, 0.2) is 24.3 Å². The van der Waals surface area contributed by atoms with E-state index in [-0.39, 0.29) is 0 Å². The van der Waals surface area contributed by atoms with Crippen LogP contribution < -0.4 is 10.1 Å². The number of ether oxygens (including phenoxy) is 1. The first-order chi connectivity index (χ1) is 10.6. The molecule has 1 heterocycles. The number of piperidine rings is 1. The summed E-state index contributed by atoms with van der Waals surface area (Å²) < 4.78 is 5.61. The van der Waals surface area contributed by atoms with E-state index in [0.717, 1.165) is 25.9 Å². The molecule has 1 fully saturated rings. The summed E-state index contributed by atoms with van der Waals surface area (Å²) >= 11 is 5.82. The summed E-state index contributed by atoms with van der Waals surface area (Å²) in [7, 11) is 1.95. The number of nitrogens with zero attached hydrogens (tertiary/aromatic N) is 1. The Hall–Kier alpha value is -1.30. The summed E-state index contributed by atoms with van der Waals surface area (Å²) in [6, 6.07) is 7.11. The number of halogens is 1. The van der Waals surface area contributed by atoms with Crippen molar-refractivity contribution in [2.45, 2.75) is 31.3 Å². The molecule has 6 heteroatoms. The number of hydrogen-bond donors (Lipinski definition) is 2. The number of aliphatic carboxylic acids is 1. The van der Waals surface area contributed by atoms with Crippen molar-refractivity contribution >= 4 is 17.6 Å². The number of carbonyl (C=O) groups is 1. The van der Waals surface area contributed by atoms with Crippen LogP contribution in [0.4, 0.5) is 0 Å². The minimum Gasteiger partial charge on any atom is -0.494 e. The van der Waals surface area contributed by atoms with Gasteiger partial charge in [-0.1, -0.05) is 11.6 Å². The minimum atomic E-state index is -0.775. The second kappa shape index (κ2) is 8.36. The average Bonchev–Trinajstić information content (AvgIpc) is 2.53. The third-order valence-electron chi connectivity index (χ3n) is 4.14. The first-order valence-electron chi connectivity index (χ1n) is 7.62. The number of likely N-dealkylation sites (tertiary alicyclic amines) is 1. The highest BCUT2D eigenvalue weighted by Crippen LogP contribution is 2.18. The van der Waals surface area contributed by atoms with Crippen molar-refractivity contribution in [3.05, 3.63) is 29.3 Å². The van der Waals surface area contributed by atoms with Crippen molar-refractivity contribution in [2.24, 2.45) is 0 Å². The van der Waals surface area contributed by atoms with Gasteiger partial charge in [-0.2, -0.15) is 0 Å². The Labute approximate surface area is 136 Å². The van der Waals surface area contributed by atoms with Gasteiger partial charge in [-0.3, -0.25) is 9.69 Å². The second-order valence-electron chi connectivity index (χ2n) is 5.54. The van der Waals surface area contributed by atoms with Crippen LogP contribution in [-0.4, -0.2) is 54.8 Å². The van der Waals surface area contributed by atoms with E-state index in [0.29, 0.717) is 29.8 Å². The van der Waals surface area contributed by atoms with Crippen LogP contribution in [0.25, 0.3) is 0 Å². The molecule has 2 N–H and O–H groups in total. The molecule has 0 saturated carbocycles. The van der Waals surface area contributed by atoms with E-state index in [1.165, 1.54) is 0 Å². The standard InChI is InChI=1S/C16H23ClN2O3/c1-18-13-6-9-19(10-7-13)15(16(20)21)8-11-22-14-4-2-12(17)3-5-14/h2-5,13,15,18H,6-11H2,1H3,(H,20,21). The molecule has 22 heavy (non-hydrogen) atoms. The molecule has 1 aliphatic heterocycles. The highest BCUT2D eigenvalue weighted by molar-refractivity contribution is 6.30. The van der Waals surface area contributed by atoms with Gasteiger partial charge in [0.2, 0.25) is 0 Å². The fraction of sp³-hybridized carbons (Fsp3) is 0.562. The number of nitrogens with one attached hydrogen (secondary N) is 1.